The number of hydrogen-bond acceptors (Lipinski definition) is 1. The molecule has 0 spiro atoms. The Morgan fingerprint density at radius 2 is 1.79 bits per heavy atom. The monoisotopic (exact) mass is 282 g/mol. The Balaban J connectivity index is 2.21. The zero-order chi connectivity index (χ0) is 13.7. The first-order valence-electron chi connectivity index (χ1n) is 5.93. The smallest absolute Gasteiger partial charge is 0.168 e. The SMILES string of the molecule is Fc1ccc(O[C@@H](CCCl)c2ccccc2)c(F)c1. The molecule has 1 atom stereocenters. The minimum Gasteiger partial charge on any atom is -0.483 e. The van der Waals surface area contributed by atoms with E-state index in [4.69, 9.17) is 16.3 Å². The zero-order valence-electron chi connectivity index (χ0n) is 10.2. The summed E-state index contributed by atoms with van der Waals surface area (Å²) in [7, 11) is 0. The van der Waals surface area contributed by atoms with Crippen molar-refractivity contribution in [1.29, 1.82) is 0 Å². The lowest BCUT2D eigenvalue weighted by atomic mass is 10.1. The van der Waals surface area contributed by atoms with Crippen molar-refractivity contribution >= 4 is 11.6 Å². The average molecular weight is 283 g/mol. The highest BCUT2D eigenvalue weighted by molar-refractivity contribution is 6.17. The predicted molar refractivity (Wildman–Crippen MR) is 71.5 cm³/mol. The Morgan fingerprint density at radius 3 is 2.42 bits per heavy atom. The number of ether oxygens (including phenoxy) is 1. The van der Waals surface area contributed by atoms with Gasteiger partial charge in [-0.05, 0) is 17.7 Å². The molecule has 0 bridgehead atoms. The van der Waals surface area contributed by atoms with Gasteiger partial charge in [-0.15, -0.1) is 11.6 Å². The lowest BCUT2D eigenvalue weighted by Gasteiger charge is -2.19. The fourth-order valence-electron chi connectivity index (χ4n) is 1.78. The second kappa shape index (κ2) is 6.53. The van der Waals surface area contributed by atoms with Gasteiger partial charge in [0, 0.05) is 18.4 Å². The van der Waals surface area contributed by atoms with Gasteiger partial charge < -0.3 is 4.74 Å². The Bertz CT molecular complexity index is 531. The van der Waals surface area contributed by atoms with Crippen LogP contribution in [0.5, 0.6) is 5.75 Å². The summed E-state index contributed by atoms with van der Waals surface area (Å²) in [6, 6.07) is 12.7. The van der Waals surface area contributed by atoms with Crippen molar-refractivity contribution in [2.24, 2.45) is 0 Å². The van der Waals surface area contributed by atoms with Gasteiger partial charge in [-0.3, -0.25) is 0 Å². The molecule has 2 rings (SSSR count). The third-order valence-electron chi connectivity index (χ3n) is 2.71. The minimum absolute atomic E-state index is 0.0281. The largest absolute Gasteiger partial charge is 0.483 e. The summed E-state index contributed by atoms with van der Waals surface area (Å²) >= 11 is 5.74. The molecule has 0 aliphatic heterocycles. The molecule has 2 aromatic rings. The topological polar surface area (TPSA) is 9.23 Å². The molecule has 0 fully saturated rings. The van der Waals surface area contributed by atoms with Crippen LogP contribution in [0.1, 0.15) is 18.1 Å². The molecule has 0 saturated heterocycles. The molecule has 1 nitrogen and oxygen atoms in total. The van der Waals surface area contributed by atoms with E-state index in [9.17, 15) is 8.78 Å². The first kappa shape index (κ1) is 13.8. The van der Waals surface area contributed by atoms with E-state index in [1.807, 2.05) is 30.3 Å². The van der Waals surface area contributed by atoms with Crippen LogP contribution in [-0.2, 0) is 0 Å². The maximum Gasteiger partial charge on any atom is 0.168 e. The summed E-state index contributed by atoms with van der Waals surface area (Å²) in [5.74, 6) is -0.920. The van der Waals surface area contributed by atoms with Crippen LogP contribution in [0, 0.1) is 11.6 Å². The lowest BCUT2D eigenvalue weighted by molar-refractivity contribution is 0.193. The van der Waals surface area contributed by atoms with Gasteiger partial charge in [0.2, 0.25) is 0 Å². The summed E-state index contributed by atoms with van der Waals surface area (Å²) in [4.78, 5) is 0. The Hall–Kier alpha value is -1.61. The van der Waals surface area contributed by atoms with E-state index in [1.165, 1.54) is 12.1 Å². The van der Waals surface area contributed by atoms with Crippen molar-refractivity contribution in [2.75, 3.05) is 5.88 Å². The molecular weight excluding hydrogens is 270 g/mol. The number of rotatable bonds is 5. The lowest BCUT2D eigenvalue weighted by Crippen LogP contribution is -2.09. The highest BCUT2D eigenvalue weighted by Crippen LogP contribution is 2.27. The maximum absolute atomic E-state index is 13.6. The van der Waals surface area contributed by atoms with E-state index in [2.05, 4.69) is 0 Å². The van der Waals surface area contributed by atoms with E-state index < -0.39 is 11.6 Å². The number of alkyl halides is 1. The quantitative estimate of drug-likeness (QED) is 0.722. The summed E-state index contributed by atoms with van der Waals surface area (Å²) in [6.07, 6.45) is 0.196. The Morgan fingerprint density at radius 1 is 1.05 bits per heavy atom. The van der Waals surface area contributed by atoms with Crippen LogP contribution in [0.25, 0.3) is 0 Å². The van der Waals surface area contributed by atoms with Crippen molar-refractivity contribution in [1.82, 2.24) is 0 Å². The first-order valence-corrected chi connectivity index (χ1v) is 6.47. The van der Waals surface area contributed by atoms with Crippen LogP contribution >= 0.6 is 11.6 Å². The molecular formula is C15H13ClF2O. The van der Waals surface area contributed by atoms with Crippen molar-refractivity contribution in [3.8, 4) is 5.75 Å². The van der Waals surface area contributed by atoms with Crippen LogP contribution in [0.3, 0.4) is 0 Å². The summed E-state index contributed by atoms with van der Waals surface area (Å²) in [5, 5.41) is 0. The average Bonchev–Trinajstić information content (AvgIpc) is 2.42. The summed E-state index contributed by atoms with van der Waals surface area (Å²) < 4.78 is 32.0. The van der Waals surface area contributed by atoms with E-state index in [-0.39, 0.29) is 11.9 Å². The number of halogens is 3. The molecule has 2 aromatic carbocycles. The van der Waals surface area contributed by atoms with Gasteiger partial charge in [-0.25, -0.2) is 8.78 Å². The highest BCUT2D eigenvalue weighted by Gasteiger charge is 2.15. The minimum atomic E-state index is -0.712. The van der Waals surface area contributed by atoms with Crippen molar-refractivity contribution in [2.45, 2.75) is 12.5 Å². The molecule has 0 N–H and O–H groups in total. The molecule has 0 saturated carbocycles. The third-order valence-corrected chi connectivity index (χ3v) is 2.92. The Kier molecular flexibility index (Phi) is 4.74. The Labute approximate surface area is 115 Å². The van der Waals surface area contributed by atoms with Crippen LogP contribution in [0.2, 0.25) is 0 Å². The third kappa shape index (κ3) is 3.67. The molecule has 100 valence electrons. The van der Waals surface area contributed by atoms with Gasteiger partial charge in [0.1, 0.15) is 11.9 Å². The van der Waals surface area contributed by atoms with Crippen LogP contribution in [-0.4, -0.2) is 5.88 Å². The van der Waals surface area contributed by atoms with Gasteiger partial charge in [-0.2, -0.15) is 0 Å². The maximum atomic E-state index is 13.6. The van der Waals surface area contributed by atoms with Crippen molar-refractivity contribution in [3.05, 3.63) is 65.7 Å². The molecule has 19 heavy (non-hydrogen) atoms. The van der Waals surface area contributed by atoms with E-state index in [0.29, 0.717) is 12.3 Å². The zero-order valence-corrected chi connectivity index (χ0v) is 10.9. The standard InChI is InChI=1S/C15H13ClF2O/c16-9-8-14(11-4-2-1-3-5-11)19-15-7-6-12(17)10-13(15)18/h1-7,10,14H,8-9H2/t14-/m0/s1. The van der Waals surface area contributed by atoms with E-state index >= 15 is 0 Å². The van der Waals surface area contributed by atoms with Gasteiger partial charge in [0.15, 0.2) is 11.6 Å². The molecule has 0 aliphatic rings. The number of benzene rings is 2. The van der Waals surface area contributed by atoms with E-state index in [0.717, 1.165) is 11.6 Å². The second-order valence-electron chi connectivity index (χ2n) is 4.07. The molecule has 0 heterocycles. The molecule has 0 radical (unpaired) electrons. The van der Waals surface area contributed by atoms with E-state index in [1.54, 1.807) is 0 Å². The van der Waals surface area contributed by atoms with Crippen LogP contribution in [0.4, 0.5) is 8.78 Å². The molecule has 0 aromatic heterocycles. The normalized spacial score (nSPS) is 12.2. The summed E-state index contributed by atoms with van der Waals surface area (Å²) in [5.41, 5.74) is 0.909. The van der Waals surface area contributed by atoms with Crippen molar-refractivity contribution in [3.63, 3.8) is 0 Å². The van der Waals surface area contributed by atoms with Crippen molar-refractivity contribution < 1.29 is 13.5 Å². The first-order chi connectivity index (χ1) is 9.20. The summed E-state index contributed by atoms with van der Waals surface area (Å²) in [6.45, 7) is 0. The molecule has 0 unspecified atom stereocenters. The fourth-order valence-corrected chi connectivity index (χ4v) is 1.98. The van der Waals surface area contributed by atoms with Gasteiger partial charge in [-0.1, -0.05) is 30.3 Å². The van der Waals surface area contributed by atoms with Gasteiger partial charge in [0.05, 0.1) is 0 Å². The van der Waals surface area contributed by atoms with Gasteiger partial charge in [0.25, 0.3) is 0 Å². The highest BCUT2D eigenvalue weighted by atomic mass is 35.5. The predicted octanol–water partition coefficient (Wildman–Crippen LogP) is 4.71. The van der Waals surface area contributed by atoms with Gasteiger partial charge >= 0.3 is 0 Å². The molecule has 0 aliphatic carbocycles. The molecule has 0 amide bonds. The van der Waals surface area contributed by atoms with Crippen LogP contribution in [0.15, 0.2) is 48.5 Å². The number of hydrogen-bond donors (Lipinski definition) is 0. The molecule has 4 heteroatoms. The van der Waals surface area contributed by atoms with Crippen LogP contribution < -0.4 is 4.74 Å². The fraction of sp³-hybridized carbons (Fsp3) is 0.200. The second-order valence-corrected chi connectivity index (χ2v) is 4.45.